The van der Waals surface area contributed by atoms with Gasteiger partial charge in [0.1, 0.15) is 11.6 Å². The van der Waals surface area contributed by atoms with Crippen molar-refractivity contribution >= 4 is 17.8 Å². The molecule has 0 radical (unpaired) electrons. The molecule has 6 heteroatoms. The highest BCUT2D eigenvalue weighted by Crippen LogP contribution is 2.37. The summed E-state index contributed by atoms with van der Waals surface area (Å²) >= 11 is 0. The lowest BCUT2D eigenvalue weighted by molar-refractivity contribution is -0.158. The minimum Gasteiger partial charge on any atom is -0.458 e. The third kappa shape index (κ3) is 6.60. The summed E-state index contributed by atoms with van der Waals surface area (Å²) in [5.41, 5.74) is -0.578. The first-order valence-electron chi connectivity index (χ1n) is 7.40. The third-order valence-electron chi connectivity index (χ3n) is 3.24. The first kappa shape index (κ1) is 17.5. The highest BCUT2D eigenvalue weighted by molar-refractivity contribution is 5.85. The SMILES string of the molecule is CC1CC1C(=O)NCCC(=O)N[C@H](C)C(=O)OC(C)(C)C. The second-order valence-corrected chi connectivity index (χ2v) is 6.68. The molecule has 0 saturated heterocycles. The minimum atomic E-state index is -0.698. The molecule has 2 unspecified atom stereocenters. The molecule has 3 atom stereocenters. The van der Waals surface area contributed by atoms with E-state index in [0.29, 0.717) is 5.92 Å². The Balaban J connectivity index is 2.20. The van der Waals surface area contributed by atoms with Gasteiger partial charge in [0.25, 0.3) is 0 Å². The molecule has 0 spiro atoms. The monoisotopic (exact) mass is 298 g/mol. The summed E-state index contributed by atoms with van der Waals surface area (Å²) in [5.74, 6) is -0.181. The number of rotatable bonds is 6. The lowest BCUT2D eigenvalue weighted by Crippen LogP contribution is -2.43. The number of carbonyl (C=O) groups excluding carboxylic acids is 3. The van der Waals surface area contributed by atoms with E-state index in [1.54, 1.807) is 27.7 Å². The summed E-state index contributed by atoms with van der Waals surface area (Å²) in [6, 6.07) is -0.698. The molecule has 1 aliphatic rings. The highest BCUT2D eigenvalue weighted by Gasteiger charge is 2.38. The second-order valence-electron chi connectivity index (χ2n) is 6.68. The van der Waals surface area contributed by atoms with Crippen LogP contribution in [0.15, 0.2) is 0 Å². The fraction of sp³-hybridized carbons (Fsp3) is 0.800. The van der Waals surface area contributed by atoms with Crippen LogP contribution in [0.4, 0.5) is 0 Å². The maximum atomic E-state index is 11.7. The zero-order chi connectivity index (χ0) is 16.2. The summed E-state index contributed by atoms with van der Waals surface area (Å²) in [6.07, 6.45) is 1.08. The average Bonchev–Trinajstić information content (AvgIpc) is 3.04. The Bertz CT molecular complexity index is 414. The van der Waals surface area contributed by atoms with Crippen molar-refractivity contribution in [3.63, 3.8) is 0 Å². The summed E-state index contributed by atoms with van der Waals surface area (Å²) in [5, 5.41) is 5.30. The molecule has 6 nitrogen and oxygen atoms in total. The Morgan fingerprint density at radius 1 is 1.29 bits per heavy atom. The van der Waals surface area contributed by atoms with Crippen molar-refractivity contribution in [3.05, 3.63) is 0 Å². The normalized spacial score (nSPS) is 22.1. The number of amides is 2. The van der Waals surface area contributed by atoms with Crippen molar-refractivity contribution in [1.82, 2.24) is 10.6 Å². The molecule has 0 aliphatic heterocycles. The Hall–Kier alpha value is -1.59. The van der Waals surface area contributed by atoms with Gasteiger partial charge in [0.05, 0.1) is 0 Å². The zero-order valence-corrected chi connectivity index (χ0v) is 13.5. The molecule has 120 valence electrons. The van der Waals surface area contributed by atoms with E-state index in [2.05, 4.69) is 10.6 Å². The van der Waals surface area contributed by atoms with Crippen molar-refractivity contribution in [2.24, 2.45) is 11.8 Å². The summed E-state index contributed by atoms with van der Waals surface area (Å²) in [7, 11) is 0. The Labute approximate surface area is 126 Å². The lowest BCUT2D eigenvalue weighted by Gasteiger charge is -2.22. The molecule has 0 aromatic rings. The van der Waals surface area contributed by atoms with Gasteiger partial charge in [-0.05, 0) is 40.0 Å². The smallest absolute Gasteiger partial charge is 0.328 e. The first-order chi connectivity index (χ1) is 9.60. The standard InChI is InChI=1S/C15H26N2O4/c1-9-8-11(9)13(19)16-7-6-12(18)17-10(2)14(20)21-15(3,4)5/h9-11H,6-8H2,1-5H3,(H,16,19)(H,17,18)/t9?,10-,11?/m1/s1. The van der Waals surface area contributed by atoms with Crippen LogP contribution < -0.4 is 10.6 Å². The van der Waals surface area contributed by atoms with E-state index >= 15 is 0 Å². The fourth-order valence-corrected chi connectivity index (χ4v) is 1.88. The molecule has 1 fully saturated rings. The number of hydrogen-bond acceptors (Lipinski definition) is 4. The van der Waals surface area contributed by atoms with Gasteiger partial charge in [-0.2, -0.15) is 0 Å². The quantitative estimate of drug-likeness (QED) is 0.716. The van der Waals surface area contributed by atoms with E-state index in [1.807, 2.05) is 6.92 Å². The van der Waals surface area contributed by atoms with Crippen LogP contribution in [0.5, 0.6) is 0 Å². The van der Waals surface area contributed by atoms with Gasteiger partial charge in [0.15, 0.2) is 0 Å². The number of esters is 1. The van der Waals surface area contributed by atoms with Gasteiger partial charge in [-0.25, -0.2) is 4.79 Å². The maximum absolute atomic E-state index is 11.7. The van der Waals surface area contributed by atoms with E-state index in [4.69, 9.17) is 4.74 Å². The fourth-order valence-electron chi connectivity index (χ4n) is 1.88. The van der Waals surface area contributed by atoms with Crippen molar-refractivity contribution in [3.8, 4) is 0 Å². The molecule has 21 heavy (non-hydrogen) atoms. The molecule has 2 amide bonds. The molecule has 0 aromatic carbocycles. The van der Waals surface area contributed by atoms with Crippen LogP contribution in [0.2, 0.25) is 0 Å². The molecule has 1 saturated carbocycles. The zero-order valence-electron chi connectivity index (χ0n) is 13.5. The summed E-state index contributed by atoms with van der Waals surface area (Å²) in [6.45, 7) is 9.21. The number of hydrogen-bond donors (Lipinski definition) is 2. The van der Waals surface area contributed by atoms with Crippen molar-refractivity contribution < 1.29 is 19.1 Å². The predicted molar refractivity (Wildman–Crippen MR) is 78.3 cm³/mol. The van der Waals surface area contributed by atoms with Crippen molar-refractivity contribution in [2.45, 2.75) is 59.1 Å². The molecular weight excluding hydrogens is 272 g/mol. The lowest BCUT2D eigenvalue weighted by atomic mass is 10.2. The van der Waals surface area contributed by atoms with Crippen LogP contribution in [-0.2, 0) is 19.1 Å². The van der Waals surface area contributed by atoms with Gasteiger partial charge in [0.2, 0.25) is 11.8 Å². The number of nitrogens with one attached hydrogen (secondary N) is 2. The van der Waals surface area contributed by atoms with Crippen LogP contribution in [0.3, 0.4) is 0 Å². The molecule has 2 N–H and O–H groups in total. The van der Waals surface area contributed by atoms with Gasteiger partial charge in [-0.15, -0.1) is 0 Å². The van der Waals surface area contributed by atoms with Crippen molar-refractivity contribution in [2.75, 3.05) is 6.54 Å². The first-order valence-corrected chi connectivity index (χ1v) is 7.40. The van der Waals surface area contributed by atoms with Gasteiger partial charge in [-0.1, -0.05) is 6.92 Å². The molecule has 1 aliphatic carbocycles. The van der Waals surface area contributed by atoms with Crippen LogP contribution in [0, 0.1) is 11.8 Å². The minimum absolute atomic E-state index is 0.00971. The van der Waals surface area contributed by atoms with Crippen LogP contribution in [0.25, 0.3) is 0 Å². The average molecular weight is 298 g/mol. The van der Waals surface area contributed by atoms with E-state index < -0.39 is 17.6 Å². The Kier molecular flexibility index (Phi) is 5.75. The van der Waals surface area contributed by atoms with Gasteiger partial charge >= 0.3 is 5.97 Å². The van der Waals surface area contributed by atoms with E-state index in [0.717, 1.165) is 6.42 Å². The van der Waals surface area contributed by atoms with Crippen LogP contribution in [0.1, 0.15) is 47.5 Å². The summed E-state index contributed by atoms with van der Waals surface area (Å²) in [4.78, 5) is 35.0. The second kappa shape index (κ2) is 6.91. The van der Waals surface area contributed by atoms with Crippen LogP contribution in [-0.4, -0.2) is 36.0 Å². The molecule has 0 bridgehead atoms. The Morgan fingerprint density at radius 2 is 1.86 bits per heavy atom. The van der Waals surface area contributed by atoms with E-state index in [-0.39, 0.29) is 30.7 Å². The molecular formula is C15H26N2O4. The molecule has 0 aromatic heterocycles. The van der Waals surface area contributed by atoms with Gasteiger partial charge < -0.3 is 15.4 Å². The van der Waals surface area contributed by atoms with Gasteiger partial charge in [-0.3, -0.25) is 9.59 Å². The largest absolute Gasteiger partial charge is 0.458 e. The molecule has 1 rings (SSSR count). The van der Waals surface area contributed by atoms with E-state index in [9.17, 15) is 14.4 Å². The number of carbonyl (C=O) groups is 3. The van der Waals surface area contributed by atoms with Gasteiger partial charge in [0, 0.05) is 18.9 Å². The Morgan fingerprint density at radius 3 is 2.33 bits per heavy atom. The number of ether oxygens (including phenoxy) is 1. The van der Waals surface area contributed by atoms with Crippen molar-refractivity contribution in [1.29, 1.82) is 0 Å². The predicted octanol–water partition coefficient (Wildman–Crippen LogP) is 0.995. The van der Waals surface area contributed by atoms with E-state index in [1.165, 1.54) is 0 Å². The van der Waals surface area contributed by atoms with Crippen LogP contribution >= 0.6 is 0 Å². The molecule has 0 heterocycles. The summed E-state index contributed by atoms with van der Waals surface area (Å²) < 4.78 is 5.17. The highest BCUT2D eigenvalue weighted by atomic mass is 16.6. The maximum Gasteiger partial charge on any atom is 0.328 e. The third-order valence-corrected chi connectivity index (χ3v) is 3.24. The topological polar surface area (TPSA) is 84.5 Å².